The average molecular weight is 763 g/mol. The van der Waals surface area contributed by atoms with Crippen LogP contribution in [0.2, 0.25) is 0 Å². The van der Waals surface area contributed by atoms with Crippen molar-refractivity contribution < 1.29 is 24.2 Å². The molecule has 0 radical (unpaired) electrons. The van der Waals surface area contributed by atoms with Gasteiger partial charge in [0.1, 0.15) is 6.61 Å². The van der Waals surface area contributed by atoms with E-state index in [1.54, 1.807) is 0 Å². The molecule has 1 N–H and O–H groups in total. The van der Waals surface area contributed by atoms with Gasteiger partial charge in [0.25, 0.3) is 0 Å². The number of esters is 2. The molecule has 0 aliphatic rings. The molecular formula is C49H94O5. The van der Waals surface area contributed by atoms with Gasteiger partial charge in [-0.05, 0) is 38.5 Å². The minimum Gasteiger partial charge on any atom is -0.462 e. The number of ether oxygens (including phenoxy) is 2. The summed E-state index contributed by atoms with van der Waals surface area (Å²) >= 11 is 0. The number of allylic oxidation sites excluding steroid dienone is 2. The van der Waals surface area contributed by atoms with E-state index in [2.05, 4.69) is 26.0 Å². The Kier molecular flexibility index (Phi) is 44.9. The van der Waals surface area contributed by atoms with Crippen LogP contribution in [0.5, 0.6) is 0 Å². The van der Waals surface area contributed by atoms with Crippen LogP contribution in [0, 0.1) is 0 Å². The molecule has 54 heavy (non-hydrogen) atoms. The fourth-order valence-corrected chi connectivity index (χ4v) is 7.38. The fourth-order valence-electron chi connectivity index (χ4n) is 7.38. The minimum atomic E-state index is -0.770. The van der Waals surface area contributed by atoms with Crippen molar-refractivity contribution in [3.63, 3.8) is 0 Å². The van der Waals surface area contributed by atoms with E-state index in [4.69, 9.17) is 9.47 Å². The largest absolute Gasteiger partial charge is 0.462 e. The number of aliphatic hydroxyl groups excluding tert-OH is 1. The highest BCUT2D eigenvalue weighted by molar-refractivity contribution is 5.70. The van der Waals surface area contributed by atoms with Gasteiger partial charge in [0.15, 0.2) is 6.10 Å². The van der Waals surface area contributed by atoms with Crippen molar-refractivity contribution in [2.24, 2.45) is 0 Å². The third kappa shape index (κ3) is 43.4. The van der Waals surface area contributed by atoms with Crippen molar-refractivity contribution in [1.29, 1.82) is 0 Å². The molecule has 0 fully saturated rings. The first-order valence-electron chi connectivity index (χ1n) is 24.2. The molecule has 0 saturated heterocycles. The van der Waals surface area contributed by atoms with Crippen molar-refractivity contribution in [2.75, 3.05) is 13.2 Å². The van der Waals surface area contributed by atoms with E-state index < -0.39 is 6.10 Å². The quantitative estimate of drug-likeness (QED) is 0.0380. The highest BCUT2D eigenvalue weighted by Crippen LogP contribution is 2.17. The highest BCUT2D eigenvalue weighted by Gasteiger charge is 2.16. The van der Waals surface area contributed by atoms with Gasteiger partial charge in [-0.25, -0.2) is 0 Å². The SMILES string of the molecule is CCCCCCCC/C=C\CCCCCCCC(=O)OC(CO)COC(=O)CCCCCCCCCCCCCCCCCCCCCCCCCCC. The van der Waals surface area contributed by atoms with Crippen molar-refractivity contribution in [1.82, 2.24) is 0 Å². The Morgan fingerprint density at radius 3 is 1.00 bits per heavy atom. The number of aliphatic hydroxyl groups is 1. The first-order valence-corrected chi connectivity index (χ1v) is 24.2. The van der Waals surface area contributed by atoms with E-state index in [0.717, 1.165) is 38.5 Å². The number of rotatable bonds is 45. The maximum Gasteiger partial charge on any atom is 0.306 e. The zero-order valence-corrected chi connectivity index (χ0v) is 36.5. The van der Waals surface area contributed by atoms with Gasteiger partial charge < -0.3 is 14.6 Å². The Hall–Kier alpha value is -1.36. The van der Waals surface area contributed by atoms with Crippen LogP contribution in [-0.2, 0) is 19.1 Å². The van der Waals surface area contributed by atoms with Crippen LogP contribution in [-0.4, -0.2) is 36.4 Å². The molecule has 0 aromatic heterocycles. The molecule has 0 saturated carbocycles. The zero-order chi connectivity index (χ0) is 39.3. The second kappa shape index (κ2) is 46.0. The van der Waals surface area contributed by atoms with Crippen LogP contribution in [0.3, 0.4) is 0 Å². The van der Waals surface area contributed by atoms with E-state index >= 15 is 0 Å². The smallest absolute Gasteiger partial charge is 0.306 e. The number of carbonyl (C=O) groups excluding carboxylic acids is 2. The first-order chi connectivity index (χ1) is 26.6. The predicted octanol–water partition coefficient (Wildman–Crippen LogP) is 15.6. The van der Waals surface area contributed by atoms with Gasteiger partial charge in [-0.3, -0.25) is 9.59 Å². The maximum absolute atomic E-state index is 12.2. The highest BCUT2D eigenvalue weighted by atomic mass is 16.6. The van der Waals surface area contributed by atoms with Gasteiger partial charge in [-0.15, -0.1) is 0 Å². The van der Waals surface area contributed by atoms with Crippen LogP contribution in [0.15, 0.2) is 12.2 Å². The Bertz CT molecular complexity index is 780. The molecule has 0 aromatic carbocycles. The number of carbonyl (C=O) groups is 2. The summed E-state index contributed by atoms with van der Waals surface area (Å²) in [7, 11) is 0. The molecule has 5 heteroatoms. The third-order valence-electron chi connectivity index (χ3n) is 11.1. The average Bonchev–Trinajstić information content (AvgIpc) is 3.17. The molecule has 0 heterocycles. The Balaban J connectivity index is 3.43. The summed E-state index contributed by atoms with van der Waals surface area (Å²) in [5.41, 5.74) is 0. The van der Waals surface area contributed by atoms with Crippen molar-refractivity contribution in [3.8, 4) is 0 Å². The molecule has 0 spiro atoms. The van der Waals surface area contributed by atoms with E-state index in [9.17, 15) is 14.7 Å². The van der Waals surface area contributed by atoms with E-state index in [-0.39, 0.29) is 25.2 Å². The van der Waals surface area contributed by atoms with Gasteiger partial charge in [0.05, 0.1) is 6.61 Å². The lowest BCUT2D eigenvalue weighted by molar-refractivity contribution is -0.161. The lowest BCUT2D eigenvalue weighted by Crippen LogP contribution is -2.28. The van der Waals surface area contributed by atoms with Crippen molar-refractivity contribution in [3.05, 3.63) is 12.2 Å². The van der Waals surface area contributed by atoms with Crippen LogP contribution in [0.1, 0.15) is 271 Å². The van der Waals surface area contributed by atoms with Crippen LogP contribution >= 0.6 is 0 Å². The fraction of sp³-hybridized carbons (Fsp3) is 0.918. The third-order valence-corrected chi connectivity index (χ3v) is 11.1. The van der Waals surface area contributed by atoms with Crippen molar-refractivity contribution in [2.45, 2.75) is 277 Å². The van der Waals surface area contributed by atoms with E-state index in [1.165, 1.54) is 205 Å². The van der Waals surface area contributed by atoms with Gasteiger partial charge in [-0.1, -0.05) is 231 Å². The second-order valence-electron chi connectivity index (χ2n) is 16.5. The van der Waals surface area contributed by atoms with Crippen LogP contribution in [0.25, 0.3) is 0 Å². The Labute approximate surface area is 337 Å². The summed E-state index contributed by atoms with van der Waals surface area (Å²) < 4.78 is 10.7. The Morgan fingerprint density at radius 2 is 0.685 bits per heavy atom. The molecule has 5 nitrogen and oxygen atoms in total. The molecule has 0 bridgehead atoms. The number of hydrogen-bond acceptors (Lipinski definition) is 5. The van der Waals surface area contributed by atoms with Gasteiger partial charge in [0, 0.05) is 12.8 Å². The van der Waals surface area contributed by atoms with Crippen LogP contribution in [0.4, 0.5) is 0 Å². The second-order valence-corrected chi connectivity index (χ2v) is 16.5. The zero-order valence-electron chi connectivity index (χ0n) is 36.5. The summed E-state index contributed by atoms with van der Waals surface area (Å²) in [5.74, 6) is -0.584. The van der Waals surface area contributed by atoms with Crippen molar-refractivity contribution >= 4 is 11.9 Å². The predicted molar refractivity (Wildman–Crippen MR) is 233 cm³/mol. The van der Waals surface area contributed by atoms with Gasteiger partial charge >= 0.3 is 11.9 Å². The monoisotopic (exact) mass is 763 g/mol. The maximum atomic E-state index is 12.2. The molecular weight excluding hydrogens is 669 g/mol. The Morgan fingerprint density at radius 1 is 0.407 bits per heavy atom. The van der Waals surface area contributed by atoms with Crippen LogP contribution < -0.4 is 0 Å². The molecule has 1 atom stereocenters. The molecule has 0 aliphatic carbocycles. The summed E-state index contributed by atoms with van der Waals surface area (Å²) in [6, 6.07) is 0. The standard InChI is InChI=1S/C49H94O5/c1-3-5-7-9-11-13-15-17-19-20-21-22-23-24-25-26-27-28-30-31-33-35-37-39-41-43-48(51)53-46-47(45-50)54-49(52)44-42-40-38-36-34-32-29-18-16-14-12-10-8-6-4-2/h18,29,47,50H,3-17,19-28,30-46H2,1-2H3/b29-18-. The van der Waals surface area contributed by atoms with E-state index in [0.29, 0.717) is 12.8 Å². The topological polar surface area (TPSA) is 72.8 Å². The molecule has 0 aliphatic heterocycles. The summed E-state index contributed by atoms with van der Waals surface area (Å²) in [6.07, 6.45) is 54.5. The van der Waals surface area contributed by atoms with Gasteiger partial charge in [0.2, 0.25) is 0 Å². The molecule has 1 unspecified atom stereocenters. The lowest BCUT2D eigenvalue weighted by Gasteiger charge is -2.15. The van der Waals surface area contributed by atoms with Gasteiger partial charge in [-0.2, -0.15) is 0 Å². The van der Waals surface area contributed by atoms with E-state index in [1.807, 2.05) is 0 Å². The molecule has 0 rings (SSSR count). The summed E-state index contributed by atoms with van der Waals surface area (Å²) in [6.45, 7) is 4.16. The molecule has 0 amide bonds. The molecule has 0 aromatic rings. The minimum absolute atomic E-state index is 0.0626. The number of unbranched alkanes of at least 4 members (excludes halogenated alkanes) is 35. The summed E-state index contributed by atoms with van der Waals surface area (Å²) in [4.78, 5) is 24.4. The first kappa shape index (κ1) is 52.6. The lowest BCUT2D eigenvalue weighted by atomic mass is 10.0. The summed E-state index contributed by atoms with van der Waals surface area (Å²) in [5, 5.41) is 9.59. The molecule has 320 valence electrons. The number of hydrogen-bond donors (Lipinski definition) is 1. The normalized spacial score (nSPS) is 12.1.